The minimum atomic E-state index is -0.360. The summed E-state index contributed by atoms with van der Waals surface area (Å²) in [6, 6.07) is 25.5. The molecule has 188 valence electrons. The van der Waals surface area contributed by atoms with Crippen LogP contribution >= 0.6 is 11.8 Å². The van der Waals surface area contributed by atoms with Gasteiger partial charge in [0.2, 0.25) is 0 Å². The topological polar surface area (TPSA) is 79.4 Å². The fraction of sp³-hybridized carbons (Fsp3) is 0.207. The van der Waals surface area contributed by atoms with Crippen molar-refractivity contribution in [2.75, 3.05) is 13.7 Å². The molecule has 2 aromatic heterocycles. The molecule has 7 nitrogen and oxygen atoms in total. The molecule has 0 N–H and O–H groups in total. The first kappa shape index (κ1) is 24.8. The number of hydrogen-bond donors (Lipinski definition) is 0. The van der Waals surface area contributed by atoms with E-state index >= 15 is 0 Å². The van der Waals surface area contributed by atoms with Crippen LogP contribution in [-0.2, 0) is 23.6 Å². The number of methoxy groups -OCH3 is 1. The van der Waals surface area contributed by atoms with Crippen LogP contribution in [0.25, 0.3) is 22.1 Å². The predicted octanol–water partition coefficient (Wildman–Crippen LogP) is 5.88. The summed E-state index contributed by atoms with van der Waals surface area (Å²) >= 11 is 1.52. The van der Waals surface area contributed by atoms with Crippen molar-refractivity contribution in [2.45, 2.75) is 31.0 Å². The zero-order valence-corrected chi connectivity index (χ0v) is 21.5. The maximum absolute atomic E-state index is 12.1. The van der Waals surface area contributed by atoms with Gasteiger partial charge in [0.05, 0.1) is 6.61 Å². The van der Waals surface area contributed by atoms with Gasteiger partial charge in [-0.15, -0.1) is 10.2 Å². The largest absolute Gasteiger partial charge is 0.485 e. The van der Waals surface area contributed by atoms with Crippen LogP contribution in [0, 0.1) is 6.92 Å². The van der Waals surface area contributed by atoms with E-state index in [1.165, 1.54) is 11.8 Å². The number of ether oxygens (including phenoxy) is 2. The Hall–Kier alpha value is -3.88. The molecule has 37 heavy (non-hydrogen) atoms. The molecule has 8 heteroatoms. The van der Waals surface area contributed by atoms with Crippen LogP contribution < -0.4 is 10.4 Å². The second kappa shape index (κ2) is 11.5. The smallest absolute Gasteiger partial charge is 0.336 e. The first-order valence-electron chi connectivity index (χ1n) is 12.0. The number of fused-ring (bicyclic) bond motifs is 1. The highest BCUT2D eigenvalue weighted by molar-refractivity contribution is 7.98. The molecule has 0 atom stereocenters. The van der Waals surface area contributed by atoms with Gasteiger partial charge in [0.1, 0.15) is 17.9 Å². The van der Waals surface area contributed by atoms with Crippen molar-refractivity contribution in [1.82, 2.24) is 14.8 Å². The Kier molecular flexibility index (Phi) is 7.67. The maximum atomic E-state index is 12.1. The Morgan fingerprint density at radius 1 is 0.973 bits per heavy atom. The van der Waals surface area contributed by atoms with E-state index in [-0.39, 0.29) is 12.2 Å². The number of thioether (sulfide) groups is 1. The summed E-state index contributed by atoms with van der Waals surface area (Å²) in [7, 11) is 1.67. The second-order valence-electron chi connectivity index (χ2n) is 8.57. The number of benzene rings is 3. The number of nitrogens with zero attached hydrogens (tertiary/aromatic N) is 3. The van der Waals surface area contributed by atoms with Crippen LogP contribution in [0.1, 0.15) is 17.0 Å². The summed E-state index contributed by atoms with van der Waals surface area (Å²) in [5.41, 5.74) is 4.27. The zero-order valence-electron chi connectivity index (χ0n) is 20.7. The maximum Gasteiger partial charge on any atom is 0.336 e. The Bertz CT molecular complexity index is 1560. The predicted molar refractivity (Wildman–Crippen MR) is 145 cm³/mol. The van der Waals surface area contributed by atoms with E-state index in [1.54, 1.807) is 13.2 Å². The minimum absolute atomic E-state index is 0.262. The molecule has 0 fully saturated rings. The number of aryl methyl sites for hydroxylation is 1. The standard InChI is InChI=1S/C29H27N3O4S/c1-20-12-13-24-22(17-28(33)36-26(24)16-20)19-37-29-31-30-27(32(29)14-15-34-2)18-35-25-11-7-6-10-23(25)21-8-4-3-5-9-21/h3-13,16-17H,14-15,18-19H2,1-2H3. The van der Waals surface area contributed by atoms with Crippen LogP contribution in [0.2, 0.25) is 0 Å². The van der Waals surface area contributed by atoms with Gasteiger partial charge in [-0.05, 0) is 35.7 Å². The molecule has 0 saturated heterocycles. The normalized spacial score (nSPS) is 11.2. The van der Waals surface area contributed by atoms with E-state index in [9.17, 15) is 4.79 Å². The molecule has 0 unspecified atom stereocenters. The summed E-state index contributed by atoms with van der Waals surface area (Å²) < 4.78 is 19.0. The van der Waals surface area contributed by atoms with Crippen molar-refractivity contribution in [2.24, 2.45) is 0 Å². The molecular weight excluding hydrogens is 486 g/mol. The van der Waals surface area contributed by atoms with E-state index in [2.05, 4.69) is 22.3 Å². The van der Waals surface area contributed by atoms with Crippen LogP contribution in [0.5, 0.6) is 5.75 Å². The first-order valence-corrected chi connectivity index (χ1v) is 13.0. The Morgan fingerprint density at radius 3 is 2.62 bits per heavy atom. The average Bonchev–Trinajstić information content (AvgIpc) is 3.31. The lowest BCUT2D eigenvalue weighted by atomic mass is 10.1. The third-order valence-corrected chi connectivity index (χ3v) is 7.00. The molecule has 2 heterocycles. The number of hydrogen-bond acceptors (Lipinski definition) is 7. The van der Waals surface area contributed by atoms with Crippen LogP contribution in [0.15, 0.2) is 93.2 Å². The molecule has 0 spiro atoms. The summed E-state index contributed by atoms with van der Waals surface area (Å²) in [5.74, 6) is 2.03. The lowest BCUT2D eigenvalue weighted by molar-refractivity contribution is 0.181. The second-order valence-corrected chi connectivity index (χ2v) is 9.52. The zero-order chi connectivity index (χ0) is 25.6. The Morgan fingerprint density at radius 2 is 1.78 bits per heavy atom. The van der Waals surface area contributed by atoms with Crippen LogP contribution in [0.4, 0.5) is 0 Å². The Labute approximate surface area is 219 Å². The quantitative estimate of drug-likeness (QED) is 0.170. The van der Waals surface area contributed by atoms with E-state index in [0.29, 0.717) is 30.3 Å². The van der Waals surface area contributed by atoms with Gasteiger partial charge < -0.3 is 18.5 Å². The van der Waals surface area contributed by atoms with E-state index < -0.39 is 0 Å². The molecule has 0 bridgehead atoms. The van der Waals surface area contributed by atoms with Gasteiger partial charge in [-0.3, -0.25) is 0 Å². The van der Waals surface area contributed by atoms with Crippen LogP contribution in [0.3, 0.4) is 0 Å². The highest BCUT2D eigenvalue weighted by Gasteiger charge is 2.16. The third kappa shape index (κ3) is 5.76. The summed E-state index contributed by atoms with van der Waals surface area (Å²) in [6.07, 6.45) is 0. The molecule has 0 amide bonds. The van der Waals surface area contributed by atoms with Gasteiger partial charge in [0.25, 0.3) is 0 Å². The van der Waals surface area contributed by atoms with Gasteiger partial charge in [-0.1, -0.05) is 72.4 Å². The van der Waals surface area contributed by atoms with Crippen molar-refractivity contribution in [3.05, 3.63) is 106 Å². The fourth-order valence-electron chi connectivity index (χ4n) is 4.13. The van der Waals surface area contributed by atoms with Gasteiger partial charge in [0.15, 0.2) is 11.0 Å². The number of rotatable bonds is 10. The molecule has 0 saturated carbocycles. The molecule has 0 aliphatic heterocycles. The van der Waals surface area contributed by atoms with Crippen LogP contribution in [-0.4, -0.2) is 28.5 Å². The van der Waals surface area contributed by atoms with E-state index in [1.807, 2.05) is 72.2 Å². The molecule has 0 aliphatic rings. The van der Waals surface area contributed by atoms with Crippen molar-refractivity contribution < 1.29 is 13.9 Å². The van der Waals surface area contributed by atoms with Gasteiger partial charge in [-0.2, -0.15) is 0 Å². The molecule has 0 radical (unpaired) electrons. The highest BCUT2D eigenvalue weighted by atomic mass is 32.2. The van der Waals surface area contributed by atoms with E-state index in [0.717, 1.165) is 38.5 Å². The lowest BCUT2D eigenvalue weighted by Crippen LogP contribution is -2.12. The number of para-hydroxylation sites is 1. The summed E-state index contributed by atoms with van der Waals surface area (Å²) in [6.45, 7) is 3.33. The van der Waals surface area contributed by atoms with Gasteiger partial charge in [-0.25, -0.2) is 4.79 Å². The molecular formula is C29H27N3O4S. The summed E-state index contributed by atoms with van der Waals surface area (Å²) in [4.78, 5) is 12.1. The highest BCUT2D eigenvalue weighted by Crippen LogP contribution is 2.31. The fourth-order valence-corrected chi connectivity index (χ4v) is 5.10. The van der Waals surface area contributed by atoms with Crippen molar-refractivity contribution in [3.8, 4) is 16.9 Å². The van der Waals surface area contributed by atoms with Crippen molar-refractivity contribution >= 4 is 22.7 Å². The minimum Gasteiger partial charge on any atom is -0.485 e. The van der Waals surface area contributed by atoms with E-state index in [4.69, 9.17) is 13.9 Å². The van der Waals surface area contributed by atoms with Crippen molar-refractivity contribution in [1.29, 1.82) is 0 Å². The molecule has 0 aliphatic carbocycles. The molecule has 5 aromatic rings. The van der Waals surface area contributed by atoms with Gasteiger partial charge >= 0.3 is 5.63 Å². The lowest BCUT2D eigenvalue weighted by Gasteiger charge is -2.13. The SMILES string of the molecule is COCCn1c(COc2ccccc2-c2ccccc2)nnc1SCc1cc(=O)oc2cc(C)ccc12. The number of aromatic nitrogens is 3. The first-order chi connectivity index (χ1) is 18.1. The monoisotopic (exact) mass is 513 g/mol. The third-order valence-electron chi connectivity index (χ3n) is 5.98. The molecule has 3 aromatic carbocycles. The summed E-state index contributed by atoms with van der Waals surface area (Å²) in [5, 5.41) is 10.5. The Balaban J connectivity index is 1.37. The van der Waals surface area contributed by atoms with Gasteiger partial charge in [0, 0.05) is 36.4 Å². The molecule has 5 rings (SSSR count). The average molecular weight is 514 g/mol. The van der Waals surface area contributed by atoms with Crippen molar-refractivity contribution in [3.63, 3.8) is 0 Å².